The highest BCUT2D eigenvalue weighted by atomic mass is 16.2. The van der Waals surface area contributed by atoms with Gasteiger partial charge in [0, 0.05) is 31.0 Å². The number of rotatable bonds is 4. The minimum absolute atomic E-state index is 0.211. The lowest BCUT2D eigenvalue weighted by molar-refractivity contribution is 0.101. The molecule has 1 aromatic carbocycles. The Bertz CT molecular complexity index is 1100. The average Bonchev–Trinajstić information content (AvgIpc) is 3.02. The molecule has 0 aliphatic heterocycles. The predicted octanol–water partition coefficient (Wildman–Crippen LogP) is 2.26. The van der Waals surface area contributed by atoms with Crippen molar-refractivity contribution in [2.75, 3.05) is 18.1 Å². The molecule has 4 rings (SSSR count). The normalized spacial score (nSPS) is 14.2. The molecule has 0 bridgehead atoms. The first-order valence-electron chi connectivity index (χ1n) is 9.54. The second kappa shape index (κ2) is 6.97. The van der Waals surface area contributed by atoms with E-state index in [0.29, 0.717) is 12.1 Å². The Labute approximate surface area is 169 Å². The quantitative estimate of drug-likeness (QED) is 0.629. The SMILES string of the molecule is CNCc1cccc(NC(=O)c2nn(C)c3c2C(C)(C)Cc2cnc(N)nc2-3)c1. The van der Waals surface area contributed by atoms with Gasteiger partial charge in [-0.2, -0.15) is 5.10 Å². The lowest BCUT2D eigenvalue weighted by Gasteiger charge is -2.31. The molecule has 0 fully saturated rings. The summed E-state index contributed by atoms with van der Waals surface area (Å²) < 4.78 is 1.72. The molecule has 0 unspecified atom stereocenters. The van der Waals surface area contributed by atoms with Crippen LogP contribution in [-0.2, 0) is 25.4 Å². The van der Waals surface area contributed by atoms with E-state index < -0.39 is 0 Å². The summed E-state index contributed by atoms with van der Waals surface area (Å²) in [5.41, 5.74) is 11.2. The van der Waals surface area contributed by atoms with Crippen LogP contribution in [0.3, 0.4) is 0 Å². The Hall–Kier alpha value is -3.26. The topological polar surface area (TPSA) is 111 Å². The highest BCUT2D eigenvalue weighted by molar-refractivity contribution is 6.05. The molecule has 3 aromatic rings. The van der Waals surface area contributed by atoms with Crippen LogP contribution in [0.2, 0.25) is 0 Å². The molecule has 0 saturated carbocycles. The van der Waals surface area contributed by atoms with E-state index in [2.05, 4.69) is 39.5 Å². The summed E-state index contributed by atoms with van der Waals surface area (Å²) in [6, 6.07) is 7.77. The second-order valence-corrected chi connectivity index (χ2v) is 8.04. The summed E-state index contributed by atoms with van der Waals surface area (Å²) in [6.45, 7) is 4.95. The molecular weight excluding hydrogens is 366 g/mol. The number of hydrogen-bond donors (Lipinski definition) is 3. The van der Waals surface area contributed by atoms with Crippen LogP contribution in [0.25, 0.3) is 11.4 Å². The Balaban J connectivity index is 1.76. The molecule has 0 radical (unpaired) electrons. The Morgan fingerprint density at radius 1 is 1.34 bits per heavy atom. The van der Waals surface area contributed by atoms with Gasteiger partial charge in [0.2, 0.25) is 5.95 Å². The Kier molecular flexibility index (Phi) is 4.58. The van der Waals surface area contributed by atoms with Crippen LogP contribution in [0, 0.1) is 0 Å². The molecule has 0 saturated heterocycles. The van der Waals surface area contributed by atoms with Crippen molar-refractivity contribution in [3.8, 4) is 11.4 Å². The third kappa shape index (κ3) is 3.36. The summed E-state index contributed by atoms with van der Waals surface area (Å²) in [5.74, 6) is -0.0232. The van der Waals surface area contributed by atoms with Crippen LogP contribution < -0.4 is 16.4 Å². The molecule has 1 aliphatic carbocycles. The van der Waals surface area contributed by atoms with Crippen molar-refractivity contribution in [2.24, 2.45) is 7.05 Å². The van der Waals surface area contributed by atoms with Crippen LogP contribution in [0.15, 0.2) is 30.5 Å². The maximum absolute atomic E-state index is 13.2. The predicted molar refractivity (Wildman–Crippen MR) is 113 cm³/mol. The monoisotopic (exact) mass is 391 g/mol. The molecule has 1 amide bonds. The van der Waals surface area contributed by atoms with Crippen LogP contribution in [0.5, 0.6) is 0 Å². The Morgan fingerprint density at radius 3 is 2.90 bits per heavy atom. The fourth-order valence-corrected chi connectivity index (χ4v) is 4.07. The molecule has 4 N–H and O–H groups in total. The smallest absolute Gasteiger partial charge is 0.276 e. The van der Waals surface area contributed by atoms with Gasteiger partial charge in [0.05, 0.1) is 11.4 Å². The number of carbonyl (C=O) groups is 1. The molecule has 29 heavy (non-hydrogen) atoms. The zero-order valence-corrected chi connectivity index (χ0v) is 17.1. The van der Waals surface area contributed by atoms with Crippen molar-refractivity contribution in [1.82, 2.24) is 25.1 Å². The summed E-state index contributed by atoms with van der Waals surface area (Å²) in [6.07, 6.45) is 2.47. The summed E-state index contributed by atoms with van der Waals surface area (Å²) >= 11 is 0. The Morgan fingerprint density at radius 2 is 2.14 bits per heavy atom. The van der Waals surface area contributed by atoms with E-state index in [9.17, 15) is 4.79 Å². The molecule has 8 nitrogen and oxygen atoms in total. The van der Waals surface area contributed by atoms with Gasteiger partial charge in [-0.25, -0.2) is 9.97 Å². The number of amides is 1. The van der Waals surface area contributed by atoms with Gasteiger partial charge in [-0.1, -0.05) is 26.0 Å². The third-order valence-corrected chi connectivity index (χ3v) is 5.24. The molecule has 8 heteroatoms. The fourth-order valence-electron chi connectivity index (χ4n) is 4.07. The van der Waals surface area contributed by atoms with E-state index in [-0.39, 0.29) is 17.3 Å². The number of benzene rings is 1. The van der Waals surface area contributed by atoms with Gasteiger partial charge in [0.1, 0.15) is 0 Å². The molecule has 2 heterocycles. The van der Waals surface area contributed by atoms with Gasteiger partial charge in [0.15, 0.2) is 5.69 Å². The number of anilines is 2. The number of aromatic nitrogens is 4. The largest absolute Gasteiger partial charge is 0.368 e. The molecular formula is C21H25N7O. The molecule has 150 valence electrons. The zero-order valence-electron chi connectivity index (χ0n) is 17.1. The lowest BCUT2D eigenvalue weighted by atomic mass is 9.73. The molecule has 0 spiro atoms. The van der Waals surface area contributed by atoms with E-state index in [4.69, 9.17) is 5.73 Å². The minimum atomic E-state index is -0.295. The first-order chi connectivity index (χ1) is 13.8. The van der Waals surface area contributed by atoms with Gasteiger partial charge in [-0.3, -0.25) is 9.48 Å². The fraction of sp³-hybridized carbons (Fsp3) is 0.333. The van der Waals surface area contributed by atoms with Crippen molar-refractivity contribution >= 4 is 17.5 Å². The minimum Gasteiger partial charge on any atom is -0.368 e. The number of carbonyl (C=O) groups excluding carboxylic acids is 1. The van der Waals surface area contributed by atoms with Crippen LogP contribution in [0.4, 0.5) is 11.6 Å². The molecule has 1 aliphatic rings. The number of nitrogens with zero attached hydrogens (tertiary/aromatic N) is 4. The van der Waals surface area contributed by atoms with E-state index in [1.165, 1.54) is 0 Å². The van der Waals surface area contributed by atoms with Crippen molar-refractivity contribution < 1.29 is 4.79 Å². The van der Waals surface area contributed by atoms with E-state index in [0.717, 1.165) is 40.3 Å². The van der Waals surface area contributed by atoms with E-state index >= 15 is 0 Å². The maximum atomic E-state index is 13.2. The van der Waals surface area contributed by atoms with Crippen molar-refractivity contribution in [3.05, 3.63) is 52.8 Å². The second-order valence-electron chi connectivity index (χ2n) is 8.04. The van der Waals surface area contributed by atoms with Gasteiger partial charge in [0.25, 0.3) is 5.91 Å². The van der Waals surface area contributed by atoms with E-state index in [1.807, 2.05) is 38.4 Å². The number of hydrogen-bond acceptors (Lipinski definition) is 6. The lowest BCUT2D eigenvalue weighted by Crippen LogP contribution is -2.29. The number of nitrogens with two attached hydrogens (primary N) is 1. The van der Waals surface area contributed by atoms with Crippen molar-refractivity contribution in [3.63, 3.8) is 0 Å². The average molecular weight is 391 g/mol. The summed E-state index contributed by atoms with van der Waals surface area (Å²) in [4.78, 5) is 21.7. The van der Waals surface area contributed by atoms with E-state index in [1.54, 1.807) is 10.9 Å². The zero-order chi connectivity index (χ0) is 20.8. The van der Waals surface area contributed by atoms with Crippen LogP contribution in [-0.4, -0.2) is 32.7 Å². The third-order valence-electron chi connectivity index (χ3n) is 5.24. The molecule has 2 aromatic heterocycles. The number of nitrogen functional groups attached to an aromatic ring is 1. The maximum Gasteiger partial charge on any atom is 0.276 e. The summed E-state index contributed by atoms with van der Waals surface area (Å²) in [5, 5.41) is 10.7. The van der Waals surface area contributed by atoms with Gasteiger partial charge < -0.3 is 16.4 Å². The number of nitrogens with one attached hydrogen (secondary N) is 2. The van der Waals surface area contributed by atoms with Crippen molar-refractivity contribution in [2.45, 2.75) is 32.2 Å². The highest BCUT2D eigenvalue weighted by Gasteiger charge is 2.39. The number of aryl methyl sites for hydroxylation is 1. The van der Waals surface area contributed by atoms with Gasteiger partial charge >= 0.3 is 0 Å². The first-order valence-corrected chi connectivity index (χ1v) is 9.54. The highest BCUT2D eigenvalue weighted by Crippen LogP contribution is 2.43. The van der Waals surface area contributed by atoms with Gasteiger partial charge in [-0.05, 0) is 42.1 Å². The first kappa shape index (κ1) is 19.1. The number of fused-ring (bicyclic) bond motifs is 3. The van der Waals surface area contributed by atoms with Gasteiger partial charge in [-0.15, -0.1) is 0 Å². The molecule has 0 atom stereocenters. The summed E-state index contributed by atoms with van der Waals surface area (Å²) in [7, 11) is 3.72. The standard InChI is InChI=1S/C21H25N7O/c1-21(2)9-13-11-24-20(22)26-16(13)18-15(21)17(27-28(18)4)19(29)25-14-7-5-6-12(8-14)10-23-3/h5-8,11,23H,9-10H2,1-4H3,(H,25,29)(H2,22,24,26). The van der Waals surface area contributed by atoms with Crippen LogP contribution >= 0.6 is 0 Å². The van der Waals surface area contributed by atoms with Crippen LogP contribution in [0.1, 0.15) is 41.0 Å². The van der Waals surface area contributed by atoms with Crippen molar-refractivity contribution in [1.29, 1.82) is 0 Å².